The fourth-order valence-electron chi connectivity index (χ4n) is 4.35. The lowest BCUT2D eigenvalue weighted by atomic mass is 9.85. The summed E-state index contributed by atoms with van der Waals surface area (Å²) in [5.74, 6) is 0.888. The maximum Gasteiger partial charge on any atom is 0.272 e. The van der Waals surface area contributed by atoms with Gasteiger partial charge in [0.2, 0.25) is 0 Å². The highest BCUT2D eigenvalue weighted by molar-refractivity contribution is 6.09. The van der Waals surface area contributed by atoms with Crippen LogP contribution < -0.4 is 26.4 Å². The summed E-state index contributed by atoms with van der Waals surface area (Å²) < 4.78 is 5.21. The molecule has 0 atom stereocenters. The lowest BCUT2D eigenvalue weighted by Gasteiger charge is -2.25. The van der Waals surface area contributed by atoms with Crippen molar-refractivity contribution in [3.05, 3.63) is 77.9 Å². The van der Waals surface area contributed by atoms with E-state index in [4.69, 9.17) is 10.5 Å². The Labute approximate surface area is 234 Å². The number of methoxy groups -OCH3 is 1. The number of nitrogen functional groups attached to an aromatic ring is 1. The quantitative estimate of drug-likeness (QED) is 0.317. The highest BCUT2D eigenvalue weighted by Crippen LogP contribution is 2.26. The van der Waals surface area contributed by atoms with E-state index in [1.807, 2.05) is 0 Å². The number of benzene rings is 1. The number of anilines is 2. The molecule has 1 aromatic carbocycles. The van der Waals surface area contributed by atoms with Crippen molar-refractivity contribution in [3.8, 4) is 5.75 Å². The van der Waals surface area contributed by atoms with Crippen molar-refractivity contribution < 1.29 is 19.1 Å². The number of hydrogen-bond acceptors (Lipinski definition) is 7. The van der Waals surface area contributed by atoms with Gasteiger partial charge in [-0.15, -0.1) is 0 Å². The number of pyridine rings is 2. The molecule has 3 amide bonds. The first-order valence-corrected chi connectivity index (χ1v) is 13.6. The minimum atomic E-state index is -0.349. The zero-order chi connectivity index (χ0) is 28.3. The molecule has 2 heterocycles. The molecule has 10 heteroatoms. The van der Waals surface area contributed by atoms with E-state index in [0.29, 0.717) is 46.8 Å². The van der Waals surface area contributed by atoms with E-state index in [-0.39, 0.29) is 23.4 Å². The van der Waals surface area contributed by atoms with Crippen LogP contribution >= 0.6 is 0 Å². The Balaban J connectivity index is 0.000000210. The largest absolute Gasteiger partial charge is 0.496 e. The lowest BCUT2D eigenvalue weighted by molar-refractivity contribution is 0.0926. The first kappa shape index (κ1) is 28.5. The van der Waals surface area contributed by atoms with E-state index in [1.165, 1.54) is 39.0 Å². The number of carbonyl (C=O) groups is 3. The SMILES string of the molecule is COc1ccccc1C(=O)Nc1cccnc1C(=O)NCC1CCC1.Nc1cccnc1C(=O)NCC1CCC1. The van der Waals surface area contributed by atoms with E-state index in [1.54, 1.807) is 54.7 Å². The molecule has 0 saturated heterocycles. The van der Waals surface area contributed by atoms with Gasteiger partial charge in [0.05, 0.1) is 24.0 Å². The van der Waals surface area contributed by atoms with Crippen LogP contribution in [0.4, 0.5) is 11.4 Å². The van der Waals surface area contributed by atoms with Gasteiger partial charge >= 0.3 is 0 Å². The molecule has 3 aromatic rings. The maximum atomic E-state index is 12.5. The van der Waals surface area contributed by atoms with Crippen molar-refractivity contribution in [1.82, 2.24) is 20.6 Å². The first-order chi connectivity index (χ1) is 19.5. The number of rotatable bonds is 9. The van der Waals surface area contributed by atoms with Crippen molar-refractivity contribution in [2.24, 2.45) is 11.8 Å². The molecule has 5 N–H and O–H groups in total. The molecule has 0 bridgehead atoms. The number of nitrogens with zero attached hydrogens (tertiary/aromatic N) is 2. The second-order valence-electron chi connectivity index (χ2n) is 10.0. The van der Waals surface area contributed by atoms with Crippen LogP contribution in [-0.2, 0) is 0 Å². The van der Waals surface area contributed by atoms with Gasteiger partial charge in [-0.1, -0.05) is 25.0 Å². The number of hydrogen-bond donors (Lipinski definition) is 4. The molecular formula is C30H36N6O4. The van der Waals surface area contributed by atoms with Gasteiger partial charge in [-0.2, -0.15) is 0 Å². The summed E-state index contributed by atoms with van der Waals surface area (Å²) in [4.78, 5) is 44.7. The Kier molecular flexibility index (Phi) is 10.0. The summed E-state index contributed by atoms with van der Waals surface area (Å²) in [6.45, 7) is 1.39. The minimum Gasteiger partial charge on any atom is -0.496 e. The predicted octanol–water partition coefficient (Wildman–Crippen LogP) is 4.07. The average Bonchev–Trinajstić information content (AvgIpc) is 2.92. The summed E-state index contributed by atoms with van der Waals surface area (Å²) in [5.41, 5.74) is 7.41. The van der Waals surface area contributed by atoms with E-state index in [9.17, 15) is 14.4 Å². The summed E-state index contributed by atoms with van der Waals surface area (Å²) >= 11 is 0. The monoisotopic (exact) mass is 544 g/mol. The van der Waals surface area contributed by atoms with Gasteiger partial charge in [0.25, 0.3) is 17.7 Å². The predicted molar refractivity (Wildman–Crippen MR) is 153 cm³/mol. The van der Waals surface area contributed by atoms with Crippen molar-refractivity contribution in [2.45, 2.75) is 38.5 Å². The molecular weight excluding hydrogens is 508 g/mol. The average molecular weight is 545 g/mol. The summed E-state index contributed by atoms with van der Waals surface area (Å²) in [5, 5.41) is 8.52. The Morgan fingerprint density at radius 3 is 1.95 bits per heavy atom. The van der Waals surface area contributed by atoms with Crippen molar-refractivity contribution in [3.63, 3.8) is 0 Å². The van der Waals surface area contributed by atoms with Gasteiger partial charge in [-0.05, 0) is 73.9 Å². The molecule has 210 valence electrons. The van der Waals surface area contributed by atoms with Crippen molar-refractivity contribution >= 4 is 29.1 Å². The Morgan fingerprint density at radius 2 is 1.38 bits per heavy atom. The smallest absolute Gasteiger partial charge is 0.272 e. The van der Waals surface area contributed by atoms with Gasteiger partial charge in [0, 0.05) is 25.5 Å². The normalized spacial score (nSPS) is 14.4. The molecule has 40 heavy (non-hydrogen) atoms. The van der Waals surface area contributed by atoms with Crippen molar-refractivity contribution in [2.75, 3.05) is 31.2 Å². The standard InChI is InChI=1S/C19H21N3O3.C11H15N3O/c1-25-16-10-3-2-8-14(16)18(23)22-15-9-5-11-20-17(15)19(24)21-12-13-6-4-7-13;12-9-5-2-6-13-10(9)11(15)14-7-8-3-1-4-8/h2-3,5,8-11,13H,4,6-7,12H2,1H3,(H,21,24)(H,22,23);2,5-6,8H,1,3-4,7,12H2,(H,14,15). The zero-order valence-electron chi connectivity index (χ0n) is 22.7. The van der Waals surface area contributed by atoms with Crippen LogP contribution in [-0.4, -0.2) is 47.9 Å². The van der Waals surface area contributed by atoms with Crippen LogP contribution in [0.5, 0.6) is 5.75 Å². The molecule has 2 saturated carbocycles. The second-order valence-corrected chi connectivity index (χ2v) is 10.0. The third-order valence-corrected chi connectivity index (χ3v) is 7.23. The number of para-hydroxylation sites is 1. The Bertz CT molecular complexity index is 1320. The number of nitrogens with two attached hydrogens (primary N) is 1. The van der Waals surface area contributed by atoms with Crippen LogP contribution in [0.25, 0.3) is 0 Å². The Hall–Kier alpha value is -4.47. The zero-order valence-corrected chi connectivity index (χ0v) is 22.7. The third kappa shape index (κ3) is 7.56. The molecule has 2 aliphatic carbocycles. The molecule has 0 spiro atoms. The minimum absolute atomic E-state index is 0.167. The van der Waals surface area contributed by atoms with Gasteiger partial charge in [0.15, 0.2) is 11.4 Å². The van der Waals surface area contributed by atoms with Gasteiger partial charge in [-0.25, -0.2) is 9.97 Å². The van der Waals surface area contributed by atoms with Gasteiger partial charge in [0.1, 0.15) is 5.75 Å². The first-order valence-electron chi connectivity index (χ1n) is 13.6. The number of amides is 3. The van der Waals surface area contributed by atoms with Crippen LogP contribution in [0.3, 0.4) is 0 Å². The van der Waals surface area contributed by atoms with E-state index in [2.05, 4.69) is 25.9 Å². The fraction of sp³-hybridized carbons (Fsp3) is 0.367. The topological polar surface area (TPSA) is 148 Å². The highest BCUT2D eigenvalue weighted by atomic mass is 16.5. The molecule has 10 nitrogen and oxygen atoms in total. The summed E-state index contributed by atoms with van der Waals surface area (Å²) in [6.07, 6.45) is 10.4. The van der Waals surface area contributed by atoms with E-state index >= 15 is 0 Å². The number of nitrogens with one attached hydrogen (secondary N) is 3. The maximum absolute atomic E-state index is 12.5. The molecule has 2 aliphatic rings. The molecule has 2 fully saturated rings. The highest BCUT2D eigenvalue weighted by Gasteiger charge is 2.21. The van der Waals surface area contributed by atoms with Crippen LogP contribution in [0.15, 0.2) is 60.9 Å². The van der Waals surface area contributed by atoms with Crippen LogP contribution in [0, 0.1) is 11.8 Å². The Morgan fingerprint density at radius 1 is 0.800 bits per heavy atom. The third-order valence-electron chi connectivity index (χ3n) is 7.23. The molecule has 0 radical (unpaired) electrons. The summed E-state index contributed by atoms with van der Waals surface area (Å²) in [7, 11) is 1.51. The fourth-order valence-corrected chi connectivity index (χ4v) is 4.35. The number of carbonyl (C=O) groups excluding carboxylic acids is 3. The molecule has 0 unspecified atom stereocenters. The van der Waals surface area contributed by atoms with E-state index < -0.39 is 0 Å². The van der Waals surface area contributed by atoms with E-state index in [0.717, 1.165) is 19.4 Å². The van der Waals surface area contributed by atoms with Crippen molar-refractivity contribution in [1.29, 1.82) is 0 Å². The van der Waals surface area contributed by atoms with Gasteiger partial charge in [-0.3, -0.25) is 14.4 Å². The lowest BCUT2D eigenvalue weighted by Crippen LogP contribution is -2.33. The second kappa shape index (κ2) is 14.1. The number of ether oxygens (including phenoxy) is 1. The molecule has 0 aliphatic heterocycles. The number of aromatic nitrogens is 2. The summed E-state index contributed by atoms with van der Waals surface area (Å²) in [6, 6.07) is 13.7. The van der Waals surface area contributed by atoms with Crippen LogP contribution in [0.1, 0.15) is 69.9 Å². The molecule has 2 aromatic heterocycles. The van der Waals surface area contributed by atoms with Crippen LogP contribution in [0.2, 0.25) is 0 Å². The van der Waals surface area contributed by atoms with Gasteiger partial charge < -0.3 is 26.4 Å². The molecule has 5 rings (SSSR count).